The second-order valence-electron chi connectivity index (χ2n) is 6.50. The van der Waals surface area contributed by atoms with E-state index in [-0.39, 0.29) is 12.0 Å². The van der Waals surface area contributed by atoms with Gasteiger partial charge in [0.1, 0.15) is 6.17 Å². The minimum Gasteiger partial charge on any atom is -0.475 e. The minimum atomic E-state index is -1.19. The molecule has 1 heterocycles. The highest BCUT2D eigenvalue weighted by atomic mass is 32.2. The van der Waals surface area contributed by atoms with Crippen LogP contribution in [0.2, 0.25) is 0 Å². The summed E-state index contributed by atoms with van der Waals surface area (Å²) in [5.41, 5.74) is 8.91. The number of hydrogen-bond donors (Lipinski definition) is 2. The zero-order chi connectivity index (χ0) is 19.4. The molecule has 1 aliphatic heterocycles. The molecule has 2 aromatic carbocycles. The average molecular weight is 385 g/mol. The van der Waals surface area contributed by atoms with Gasteiger partial charge in [0.25, 0.3) is 0 Å². The third kappa shape index (κ3) is 4.43. The number of carboxylic acid groups (broad SMARTS) is 1. The number of anilines is 1. The standard InChI is InChI=1S/C20H24N4O2S/c1-23-10-11-24(18(13-23)22-19(21)20(25)26)17-12-15(27-2)8-9-16(17)14-6-4-3-5-7-14/h3-9,12,18H,10-11,13H2,1-2H3,(H2,21,22)(H,25,26). The van der Waals surface area contributed by atoms with Crippen LogP contribution in [0.4, 0.5) is 5.69 Å². The molecule has 1 unspecified atom stereocenters. The molecular weight excluding hydrogens is 360 g/mol. The summed E-state index contributed by atoms with van der Waals surface area (Å²) in [5, 5.41) is 9.16. The predicted molar refractivity (Wildman–Crippen MR) is 112 cm³/mol. The molecule has 1 atom stereocenters. The first-order chi connectivity index (χ1) is 13.0. The number of nitrogens with two attached hydrogens (primary N) is 1. The molecule has 3 N–H and O–H groups in total. The number of likely N-dealkylation sites (N-methyl/N-ethyl adjacent to an activating group) is 1. The minimum absolute atomic E-state index is 0.348. The lowest BCUT2D eigenvalue weighted by molar-refractivity contribution is -0.129. The summed E-state index contributed by atoms with van der Waals surface area (Å²) in [5.74, 6) is -1.55. The van der Waals surface area contributed by atoms with Crippen molar-refractivity contribution >= 4 is 29.3 Å². The summed E-state index contributed by atoms with van der Waals surface area (Å²) in [7, 11) is 2.01. The van der Waals surface area contributed by atoms with E-state index >= 15 is 0 Å². The summed E-state index contributed by atoms with van der Waals surface area (Å²) in [6.45, 7) is 2.23. The SMILES string of the molecule is CSc1ccc(-c2ccccc2)c(N2CCN(C)CC2/N=C(\N)C(=O)O)c1. The Hall–Kier alpha value is -2.51. The van der Waals surface area contributed by atoms with Gasteiger partial charge in [0.2, 0.25) is 5.84 Å². The highest BCUT2D eigenvalue weighted by Crippen LogP contribution is 2.36. The Labute approximate surface area is 163 Å². The van der Waals surface area contributed by atoms with Gasteiger partial charge in [0, 0.05) is 35.8 Å². The van der Waals surface area contributed by atoms with Gasteiger partial charge in [0.05, 0.1) is 0 Å². The van der Waals surface area contributed by atoms with Gasteiger partial charge >= 0.3 is 5.97 Å². The zero-order valence-electron chi connectivity index (χ0n) is 15.5. The highest BCUT2D eigenvalue weighted by Gasteiger charge is 2.28. The van der Waals surface area contributed by atoms with Crippen LogP contribution >= 0.6 is 11.8 Å². The first-order valence-corrected chi connectivity index (χ1v) is 9.97. The number of piperazine rings is 1. The molecule has 1 saturated heterocycles. The van der Waals surface area contributed by atoms with Crippen molar-refractivity contribution in [3.8, 4) is 11.1 Å². The lowest BCUT2D eigenvalue weighted by atomic mass is 10.0. The number of carboxylic acids is 1. The maximum atomic E-state index is 11.2. The van der Waals surface area contributed by atoms with Crippen molar-refractivity contribution < 1.29 is 9.90 Å². The molecule has 0 saturated carbocycles. The van der Waals surface area contributed by atoms with Gasteiger partial charge in [0.15, 0.2) is 0 Å². The number of benzene rings is 2. The van der Waals surface area contributed by atoms with Crippen molar-refractivity contribution in [1.82, 2.24) is 4.90 Å². The quantitative estimate of drug-likeness (QED) is 0.479. The van der Waals surface area contributed by atoms with Crippen LogP contribution in [0, 0.1) is 0 Å². The number of aliphatic carboxylic acids is 1. The van der Waals surface area contributed by atoms with Crippen LogP contribution in [-0.2, 0) is 4.79 Å². The summed E-state index contributed by atoms with van der Waals surface area (Å²) in [6.07, 6.45) is 1.70. The topological polar surface area (TPSA) is 82.2 Å². The van der Waals surface area contributed by atoms with Crippen LogP contribution in [0.5, 0.6) is 0 Å². The Morgan fingerprint density at radius 2 is 1.96 bits per heavy atom. The van der Waals surface area contributed by atoms with Gasteiger partial charge < -0.3 is 20.6 Å². The van der Waals surface area contributed by atoms with Crippen LogP contribution in [0.25, 0.3) is 11.1 Å². The number of nitrogens with zero attached hydrogens (tertiary/aromatic N) is 3. The zero-order valence-corrected chi connectivity index (χ0v) is 16.3. The summed E-state index contributed by atoms with van der Waals surface area (Å²) < 4.78 is 0. The third-order valence-corrected chi connectivity index (χ3v) is 5.39. The van der Waals surface area contributed by atoms with Crippen molar-refractivity contribution in [1.29, 1.82) is 0 Å². The second-order valence-corrected chi connectivity index (χ2v) is 7.38. The Kier molecular flexibility index (Phi) is 6.03. The lowest BCUT2D eigenvalue weighted by Crippen LogP contribution is -2.52. The monoisotopic (exact) mass is 384 g/mol. The number of aliphatic imine (C=N–C) groups is 1. The molecule has 142 valence electrons. The molecule has 0 amide bonds. The van der Waals surface area contributed by atoms with Crippen LogP contribution in [0.15, 0.2) is 58.4 Å². The van der Waals surface area contributed by atoms with Crippen LogP contribution in [-0.4, -0.2) is 60.9 Å². The molecule has 7 heteroatoms. The number of carbonyl (C=O) groups is 1. The van der Waals surface area contributed by atoms with Gasteiger partial charge in [-0.1, -0.05) is 36.4 Å². The van der Waals surface area contributed by atoms with E-state index in [0.717, 1.165) is 34.8 Å². The first-order valence-electron chi connectivity index (χ1n) is 8.75. The molecule has 27 heavy (non-hydrogen) atoms. The molecule has 0 aliphatic carbocycles. The predicted octanol–water partition coefficient (Wildman–Crippen LogP) is 2.60. The second kappa shape index (κ2) is 8.45. The van der Waals surface area contributed by atoms with Gasteiger partial charge in [-0.2, -0.15) is 0 Å². The van der Waals surface area contributed by atoms with Crippen molar-refractivity contribution in [2.24, 2.45) is 10.7 Å². The molecule has 3 rings (SSSR count). The van der Waals surface area contributed by atoms with Gasteiger partial charge in [-0.05, 0) is 31.0 Å². The van der Waals surface area contributed by atoms with Crippen LogP contribution in [0.3, 0.4) is 0 Å². The molecule has 0 spiro atoms. The maximum Gasteiger partial charge on any atom is 0.371 e. The van der Waals surface area contributed by atoms with E-state index in [4.69, 9.17) is 10.8 Å². The van der Waals surface area contributed by atoms with Gasteiger partial charge in [-0.3, -0.25) is 0 Å². The van der Waals surface area contributed by atoms with Crippen molar-refractivity contribution in [2.75, 3.05) is 37.8 Å². The third-order valence-electron chi connectivity index (χ3n) is 4.66. The molecule has 1 fully saturated rings. The normalized spacial score (nSPS) is 18.5. The smallest absolute Gasteiger partial charge is 0.371 e. The fourth-order valence-electron chi connectivity index (χ4n) is 3.24. The molecule has 0 radical (unpaired) electrons. The van der Waals surface area contributed by atoms with Crippen molar-refractivity contribution in [3.05, 3.63) is 48.5 Å². The average Bonchev–Trinajstić information content (AvgIpc) is 2.68. The Balaban J connectivity index is 2.08. The number of amidine groups is 1. The number of thioether (sulfide) groups is 1. The van der Waals surface area contributed by atoms with Gasteiger partial charge in [-0.15, -0.1) is 11.8 Å². The molecule has 1 aliphatic rings. The van der Waals surface area contributed by atoms with E-state index in [1.165, 1.54) is 0 Å². The van der Waals surface area contributed by atoms with E-state index in [1.54, 1.807) is 11.8 Å². The highest BCUT2D eigenvalue weighted by molar-refractivity contribution is 7.98. The maximum absolute atomic E-state index is 11.2. The van der Waals surface area contributed by atoms with Crippen molar-refractivity contribution in [3.63, 3.8) is 0 Å². The fourth-order valence-corrected chi connectivity index (χ4v) is 3.67. The number of hydrogen-bond acceptors (Lipinski definition) is 5. The molecular formula is C20H24N4O2S. The van der Waals surface area contributed by atoms with E-state index in [0.29, 0.717) is 6.54 Å². The molecule has 2 aromatic rings. The largest absolute Gasteiger partial charge is 0.475 e. The molecule has 0 aromatic heterocycles. The van der Waals surface area contributed by atoms with E-state index < -0.39 is 5.97 Å². The Bertz CT molecular complexity index is 841. The van der Waals surface area contributed by atoms with E-state index in [9.17, 15) is 4.79 Å². The van der Waals surface area contributed by atoms with E-state index in [1.807, 2.05) is 31.5 Å². The first kappa shape index (κ1) is 19.3. The molecule has 0 bridgehead atoms. The van der Waals surface area contributed by atoms with Crippen LogP contribution in [0.1, 0.15) is 0 Å². The summed E-state index contributed by atoms with van der Waals surface area (Å²) >= 11 is 1.68. The summed E-state index contributed by atoms with van der Waals surface area (Å²) in [6, 6.07) is 16.6. The van der Waals surface area contributed by atoms with Crippen molar-refractivity contribution in [2.45, 2.75) is 11.1 Å². The summed E-state index contributed by atoms with van der Waals surface area (Å²) in [4.78, 5) is 21.0. The lowest BCUT2D eigenvalue weighted by Gasteiger charge is -2.40. The van der Waals surface area contributed by atoms with Crippen LogP contribution < -0.4 is 10.6 Å². The Morgan fingerprint density at radius 3 is 2.63 bits per heavy atom. The van der Waals surface area contributed by atoms with Gasteiger partial charge in [-0.25, -0.2) is 9.79 Å². The van der Waals surface area contributed by atoms with E-state index in [2.05, 4.69) is 45.1 Å². The fraction of sp³-hybridized carbons (Fsp3) is 0.300. The Morgan fingerprint density at radius 1 is 1.22 bits per heavy atom. The number of rotatable bonds is 4. The molecule has 6 nitrogen and oxygen atoms in total.